The van der Waals surface area contributed by atoms with Gasteiger partial charge in [0, 0.05) is 18.8 Å². The number of rotatable bonds is 5. The van der Waals surface area contributed by atoms with Crippen molar-refractivity contribution in [3.05, 3.63) is 24.3 Å². The van der Waals surface area contributed by atoms with E-state index in [1.807, 2.05) is 31.3 Å². The molecule has 0 bridgehead atoms. The summed E-state index contributed by atoms with van der Waals surface area (Å²) in [5.74, 6) is 0.674. The number of carbonyl (C=O) groups is 1. The van der Waals surface area contributed by atoms with E-state index in [0.717, 1.165) is 18.5 Å². The highest BCUT2D eigenvalue weighted by Crippen LogP contribution is 2.20. The second-order valence-electron chi connectivity index (χ2n) is 4.32. The summed E-state index contributed by atoms with van der Waals surface area (Å²) in [5.41, 5.74) is 1.02. The van der Waals surface area contributed by atoms with Crippen molar-refractivity contribution < 1.29 is 9.53 Å². The summed E-state index contributed by atoms with van der Waals surface area (Å²) < 4.78 is 5.56. The molecule has 1 aliphatic carbocycles. The third-order valence-electron chi connectivity index (χ3n) is 2.75. The van der Waals surface area contributed by atoms with E-state index in [-0.39, 0.29) is 5.91 Å². The Hall–Kier alpha value is -1.71. The van der Waals surface area contributed by atoms with Gasteiger partial charge in [-0.3, -0.25) is 4.79 Å². The first kappa shape index (κ1) is 11.8. The van der Waals surface area contributed by atoms with Gasteiger partial charge in [-0.05, 0) is 44.0 Å². The highest BCUT2D eigenvalue weighted by Gasteiger charge is 2.26. The molecule has 0 spiro atoms. The highest BCUT2D eigenvalue weighted by atomic mass is 16.5. The van der Waals surface area contributed by atoms with Crippen LogP contribution in [0.1, 0.15) is 19.8 Å². The first-order valence-electron chi connectivity index (χ1n) is 5.94. The third-order valence-corrected chi connectivity index (χ3v) is 2.75. The number of anilines is 1. The highest BCUT2D eigenvalue weighted by molar-refractivity contribution is 5.81. The van der Waals surface area contributed by atoms with Crippen molar-refractivity contribution in [3.8, 4) is 5.75 Å². The molecular weight excluding hydrogens is 216 g/mol. The molecule has 0 saturated heterocycles. The molecule has 1 saturated carbocycles. The number of amides is 1. The second kappa shape index (κ2) is 5.08. The molecule has 1 aromatic rings. The van der Waals surface area contributed by atoms with E-state index in [4.69, 9.17) is 4.74 Å². The zero-order chi connectivity index (χ0) is 12.3. The Kier molecular flexibility index (Phi) is 3.52. The zero-order valence-corrected chi connectivity index (χ0v) is 10.2. The maximum Gasteiger partial charge on any atom is 0.260 e. The van der Waals surface area contributed by atoms with Gasteiger partial charge in [0.1, 0.15) is 5.75 Å². The normalized spacial score (nSPS) is 16.1. The van der Waals surface area contributed by atoms with Crippen LogP contribution in [0.15, 0.2) is 24.3 Å². The van der Waals surface area contributed by atoms with Gasteiger partial charge in [0.15, 0.2) is 6.10 Å². The molecular formula is C13H18N2O2. The van der Waals surface area contributed by atoms with Crippen LogP contribution in [-0.4, -0.2) is 25.1 Å². The lowest BCUT2D eigenvalue weighted by Crippen LogP contribution is -2.37. The molecule has 4 heteroatoms. The molecule has 17 heavy (non-hydrogen) atoms. The molecule has 1 amide bonds. The van der Waals surface area contributed by atoms with Crippen molar-refractivity contribution in [2.45, 2.75) is 31.9 Å². The molecule has 0 aromatic heterocycles. The van der Waals surface area contributed by atoms with Gasteiger partial charge in [0.2, 0.25) is 0 Å². The minimum atomic E-state index is -0.448. The van der Waals surface area contributed by atoms with Crippen molar-refractivity contribution >= 4 is 11.6 Å². The summed E-state index contributed by atoms with van der Waals surface area (Å²) >= 11 is 0. The smallest absolute Gasteiger partial charge is 0.260 e. The average Bonchev–Trinajstić information content (AvgIpc) is 3.14. The number of hydrogen-bond acceptors (Lipinski definition) is 3. The lowest BCUT2D eigenvalue weighted by atomic mass is 10.3. The molecule has 2 N–H and O–H groups in total. The quantitative estimate of drug-likeness (QED) is 0.816. The van der Waals surface area contributed by atoms with Gasteiger partial charge < -0.3 is 15.4 Å². The maximum atomic E-state index is 11.7. The number of nitrogens with one attached hydrogen (secondary N) is 2. The molecule has 1 fully saturated rings. The Morgan fingerprint density at radius 3 is 2.53 bits per heavy atom. The summed E-state index contributed by atoms with van der Waals surface area (Å²) in [5, 5.41) is 5.95. The maximum absolute atomic E-state index is 11.7. The fourth-order valence-corrected chi connectivity index (χ4v) is 1.50. The minimum Gasteiger partial charge on any atom is -0.481 e. The van der Waals surface area contributed by atoms with Crippen molar-refractivity contribution in [3.63, 3.8) is 0 Å². The molecule has 4 nitrogen and oxygen atoms in total. The van der Waals surface area contributed by atoms with Crippen molar-refractivity contribution in [2.24, 2.45) is 0 Å². The van der Waals surface area contributed by atoms with E-state index < -0.39 is 6.10 Å². The van der Waals surface area contributed by atoms with E-state index >= 15 is 0 Å². The van der Waals surface area contributed by atoms with Crippen LogP contribution < -0.4 is 15.4 Å². The van der Waals surface area contributed by atoms with E-state index in [0.29, 0.717) is 11.8 Å². The lowest BCUT2D eigenvalue weighted by Gasteiger charge is -2.14. The van der Waals surface area contributed by atoms with E-state index in [2.05, 4.69) is 10.6 Å². The Morgan fingerprint density at radius 2 is 2.00 bits per heavy atom. The van der Waals surface area contributed by atoms with Crippen LogP contribution in [-0.2, 0) is 4.79 Å². The Morgan fingerprint density at radius 1 is 1.35 bits per heavy atom. The van der Waals surface area contributed by atoms with E-state index in [1.165, 1.54) is 0 Å². The SMILES string of the molecule is CNc1ccc(OC(C)C(=O)NC2CC2)cc1. The molecule has 0 heterocycles. The Balaban J connectivity index is 1.87. The van der Waals surface area contributed by atoms with Crippen LogP contribution in [0.25, 0.3) is 0 Å². The topological polar surface area (TPSA) is 50.4 Å². The first-order valence-corrected chi connectivity index (χ1v) is 5.94. The zero-order valence-electron chi connectivity index (χ0n) is 10.2. The molecule has 0 aliphatic heterocycles. The standard InChI is InChI=1S/C13H18N2O2/c1-9(13(16)15-11-3-4-11)17-12-7-5-10(14-2)6-8-12/h5-9,11,14H,3-4H2,1-2H3,(H,15,16). The summed E-state index contributed by atoms with van der Waals surface area (Å²) in [6.07, 6.45) is 1.74. The third kappa shape index (κ3) is 3.37. The van der Waals surface area contributed by atoms with Gasteiger partial charge in [0.05, 0.1) is 0 Å². The van der Waals surface area contributed by atoms with E-state index in [9.17, 15) is 4.79 Å². The summed E-state index contributed by atoms with van der Waals surface area (Å²) in [4.78, 5) is 11.7. The fraction of sp³-hybridized carbons (Fsp3) is 0.462. The molecule has 1 aromatic carbocycles. The minimum absolute atomic E-state index is 0.0369. The van der Waals surface area contributed by atoms with Crippen LogP contribution in [0.4, 0.5) is 5.69 Å². The van der Waals surface area contributed by atoms with Gasteiger partial charge in [-0.15, -0.1) is 0 Å². The molecule has 1 unspecified atom stereocenters. The summed E-state index contributed by atoms with van der Waals surface area (Å²) in [7, 11) is 1.86. The fourth-order valence-electron chi connectivity index (χ4n) is 1.50. The van der Waals surface area contributed by atoms with Crippen LogP contribution in [0.3, 0.4) is 0 Å². The van der Waals surface area contributed by atoms with Crippen molar-refractivity contribution in [2.75, 3.05) is 12.4 Å². The molecule has 0 radical (unpaired) electrons. The van der Waals surface area contributed by atoms with Gasteiger partial charge in [-0.25, -0.2) is 0 Å². The average molecular weight is 234 g/mol. The van der Waals surface area contributed by atoms with Crippen LogP contribution in [0.2, 0.25) is 0 Å². The number of benzene rings is 1. The van der Waals surface area contributed by atoms with Gasteiger partial charge in [-0.1, -0.05) is 0 Å². The lowest BCUT2D eigenvalue weighted by molar-refractivity contribution is -0.127. The Labute approximate surface area is 101 Å². The molecule has 92 valence electrons. The Bertz CT molecular complexity index is 385. The molecule has 1 aliphatic rings. The first-order chi connectivity index (χ1) is 8.19. The van der Waals surface area contributed by atoms with Gasteiger partial charge >= 0.3 is 0 Å². The molecule has 2 rings (SSSR count). The van der Waals surface area contributed by atoms with Crippen LogP contribution >= 0.6 is 0 Å². The van der Waals surface area contributed by atoms with Crippen molar-refractivity contribution in [1.82, 2.24) is 5.32 Å². The largest absolute Gasteiger partial charge is 0.481 e. The predicted molar refractivity (Wildman–Crippen MR) is 67.2 cm³/mol. The van der Waals surface area contributed by atoms with Crippen LogP contribution in [0, 0.1) is 0 Å². The number of carbonyl (C=O) groups excluding carboxylic acids is 1. The number of ether oxygens (including phenoxy) is 1. The van der Waals surface area contributed by atoms with Gasteiger partial charge in [-0.2, -0.15) is 0 Å². The monoisotopic (exact) mass is 234 g/mol. The summed E-state index contributed by atoms with van der Waals surface area (Å²) in [6, 6.07) is 7.92. The van der Waals surface area contributed by atoms with E-state index in [1.54, 1.807) is 6.92 Å². The number of hydrogen-bond donors (Lipinski definition) is 2. The van der Waals surface area contributed by atoms with Gasteiger partial charge in [0.25, 0.3) is 5.91 Å². The predicted octanol–water partition coefficient (Wildman–Crippen LogP) is 1.77. The molecule has 1 atom stereocenters. The van der Waals surface area contributed by atoms with Crippen LogP contribution in [0.5, 0.6) is 5.75 Å². The van der Waals surface area contributed by atoms with Crippen molar-refractivity contribution in [1.29, 1.82) is 0 Å². The second-order valence-corrected chi connectivity index (χ2v) is 4.32. The summed E-state index contributed by atoms with van der Waals surface area (Å²) in [6.45, 7) is 1.77.